The van der Waals surface area contributed by atoms with Crippen molar-refractivity contribution in [3.05, 3.63) is 65.2 Å². The van der Waals surface area contributed by atoms with Gasteiger partial charge in [-0.25, -0.2) is 0 Å². The summed E-state index contributed by atoms with van der Waals surface area (Å²) in [7, 11) is 0. The van der Waals surface area contributed by atoms with E-state index in [4.69, 9.17) is 11.6 Å². The molecule has 1 heterocycles. The Morgan fingerprint density at radius 3 is 2.50 bits per heavy atom. The monoisotopic (exact) mass is 397 g/mol. The molecule has 3 amide bonds. The van der Waals surface area contributed by atoms with Gasteiger partial charge in [0.15, 0.2) is 0 Å². The highest BCUT2D eigenvalue weighted by molar-refractivity contribution is 6.31. The third-order valence-electron chi connectivity index (χ3n) is 4.99. The van der Waals surface area contributed by atoms with Gasteiger partial charge in [-0.1, -0.05) is 35.9 Å². The highest BCUT2D eigenvalue weighted by Gasteiger charge is 2.37. The number of halogens is 1. The highest BCUT2D eigenvalue weighted by atomic mass is 35.5. The molecule has 0 unspecified atom stereocenters. The number of hydrogen-bond acceptors (Lipinski definition) is 3. The largest absolute Gasteiger partial charge is 0.326 e. The molecule has 0 atom stereocenters. The predicted octanol–water partition coefficient (Wildman–Crippen LogP) is 2.78. The van der Waals surface area contributed by atoms with Crippen molar-refractivity contribution >= 4 is 35.0 Å². The van der Waals surface area contributed by atoms with Gasteiger partial charge in [-0.3, -0.25) is 19.3 Å². The fourth-order valence-corrected chi connectivity index (χ4v) is 3.51. The van der Waals surface area contributed by atoms with Crippen molar-refractivity contribution in [1.82, 2.24) is 9.80 Å². The van der Waals surface area contributed by atoms with E-state index in [1.165, 1.54) is 9.80 Å². The Morgan fingerprint density at radius 2 is 1.82 bits per heavy atom. The van der Waals surface area contributed by atoms with Crippen LogP contribution >= 0.6 is 11.6 Å². The fourth-order valence-electron chi connectivity index (χ4n) is 3.33. The Morgan fingerprint density at radius 1 is 1.07 bits per heavy atom. The lowest BCUT2D eigenvalue weighted by atomic mass is 10.2. The number of benzene rings is 2. The van der Waals surface area contributed by atoms with Crippen LogP contribution in [0.3, 0.4) is 0 Å². The van der Waals surface area contributed by atoms with Gasteiger partial charge in [-0.2, -0.15) is 0 Å². The van der Waals surface area contributed by atoms with Crippen LogP contribution in [0.2, 0.25) is 5.02 Å². The number of carbonyl (C=O) groups excluding carboxylic acids is 3. The van der Waals surface area contributed by atoms with E-state index in [0.29, 0.717) is 16.3 Å². The van der Waals surface area contributed by atoms with Crippen LogP contribution in [0.5, 0.6) is 0 Å². The molecular formula is C21H20ClN3O3. The number of carbonyl (C=O) groups is 3. The summed E-state index contributed by atoms with van der Waals surface area (Å²) in [5, 5.41) is 0.531. The van der Waals surface area contributed by atoms with E-state index in [9.17, 15) is 14.4 Å². The lowest BCUT2D eigenvalue weighted by molar-refractivity contribution is -0.132. The second kappa shape index (κ2) is 7.64. The zero-order valence-electron chi connectivity index (χ0n) is 15.3. The van der Waals surface area contributed by atoms with Crippen molar-refractivity contribution in [2.75, 3.05) is 24.7 Å². The van der Waals surface area contributed by atoms with Gasteiger partial charge >= 0.3 is 0 Å². The smallest absolute Gasteiger partial charge is 0.254 e. The summed E-state index contributed by atoms with van der Waals surface area (Å²) in [6, 6.07) is 16.0. The second-order valence-electron chi connectivity index (χ2n) is 7.07. The zero-order valence-corrected chi connectivity index (χ0v) is 16.0. The van der Waals surface area contributed by atoms with Gasteiger partial charge < -0.3 is 9.80 Å². The molecule has 2 aliphatic rings. The first kappa shape index (κ1) is 18.5. The summed E-state index contributed by atoms with van der Waals surface area (Å²) < 4.78 is 0. The molecule has 0 N–H and O–H groups in total. The Kier molecular flexibility index (Phi) is 5.05. The minimum Gasteiger partial charge on any atom is -0.326 e. The van der Waals surface area contributed by atoms with E-state index in [1.807, 2.05) is 18.2 Å². The van der Waals surface area contributed by atoms with Crippen molar-refractivity contribution in [2.45, 2.75) is 18.9 Å². The van der Waals surface area contributed by atoms with E-state index < -0.39 is 0 Å². The van der Waals surface area contributed by atoms with Crippen molar-refractivity contribution in [3.8, 4) is 0 Å². The van der Waals surface area contributed by atoms with Gasteiger partial charge in [0.25, 0.3) is 5.91 Å². The molecule has 6 nitrogen and oxygen atoms in total. The molecule has 2 aromatic carbocycles. The van der Waals surface area contributed by atoms with Gasteiger partial charge in [-0.15, -0.1) is 0 Å². The molecule has 2 fully saturated rings. The van der Waals surface area contributed by atoms with E-state index in [0.717, 1.165) is 12.8 Å². The normalized spacial score (nSPS) is 16.4. The molecule has 0 radical (unpaired) electrons. The molecule has 1 aliphatic carbocycles. The SMILES string of the molecule is O=C(CN(C(=O)c1ccccc1)C1CC1)N1CC(=O)N(c2cccc(Cl)c2)C1. The summed E-state index contributed by atoms with van der Waals surface area (Å²) in [6.07, 6.45) is 1.80. The molecule has 0 spiro atoms. The second-order valence-corrected chi connectivity index (χ2v) is 7.50. The van der Waals surface area contributed by atoms with E-state index >= 15 is 0 Å². The molecule has 7 heteroatoms. The first-order chi connectivity index (χ1) is 13.5. The zero-order chi connectivity index (χ0) is 19.7. The van der Waals surface area contributed by atoms with Crippen molar-refractivity contribution in [1.29, 1.82) is 0 Å². The Bertz CT molecular complexity index is 914. The predicted molar refractivity (Wildman–Crippen MR) is 106 cm³/mol. The Hall–Kier alpha value is -2.86. The number of nitrogens with zero attached hydrogens (tertiary/aromatic N) is 3. The van der Waals surface area contributed by atoms with Crippen LogP contribution < -0.4 is 4.90 Å². The lowest BCUT2D eigenvalue weighted by Crippen LogP contribution is -2.43. The molecule has 28 heavy (non-hydrogen) atoms. The van der Waals surface area contributed by atoms with Gasteiger partial charge in [0.2, 0.25) is 11.8 Å². The van der Waals surface area contributed by atoms with Gasteiger partial charge in [0.05, 0.1) is 0 Å². The number of rotatable bonds is 5. The maximum absolute atomic E-state index is 12.8. The molecule has 1 saturated carbocycles. The maximum Gasteiger partial charge on any atom is 0.254 e. The summed E-state index contributed by atoms with van der Waals surface area (Å²) >= 11 is 6.01. The highest BCUT2D eigenvalue weighted by Crippen LogP contribution is 2.29. The molecule has 1 aliphatic heterocycles. The summed E-state index contributed by atoms with van der Waals surface area (Å²) in [5.41, 5.74) is 1.23. The molecule has 1 saturated heterocycles. The first-order valence-corrected chi connectivity index (χ1v) is 9.60. The summed E-state index contributed by atoms with van der Waals surface area (Å²) in [5.74, 6) is -0.536. The third-order valence-corrected chi connectivity index (χ3v) is 5.22. The maximum atomic E-state index is 12.8. The topological polar surface area (TPSA) is 60.9 Å². The van der Waals surface area contributed by atoms with E-state index in [-0.39, 0.29) is 43.5 Å². The minimum absolute atomic E-state index is 0.00335. The standard InChI is InChI=1S/C21H20ClN3O3/c22-16-7-4-8-18(11-16)25-14-23(12-20(25)27)19(26)13-24(17-9-10-17)21(28)15-5-2-1-3-6-15/h1-8,11,17H,9-10,12-14H2. The number of anilines is 1. The van der Waals surface area contributed by atoms with Crippen LogP contribution in [0.1, 0.15) is 23.2 Å². The van der Waals surface area contributed by atoms with E-state index in [2.05, 4.69) is 0 Å². The minimum atomic E-state index is -0.228. The van der Waals surface area contributed by atoms with Crippen molar-refractivity contribution in [3.63, 3.8) is 0 Å². The lowest BCUT2D eigenvalue weighted by Gasteiger charge is -2.25. The molecular weight excluding hydrogens is 378 g/mol. The van der Waals surface area contributed by atoms with Crippen LogP contribution in [-0.4, -0.2) is 53.3 Å². The molecule has 144 valence electrons. The van der Waals surface area contributed by atoms with Crippen LogP contribution in [0.25, 0.3) is 0 Å². The van der Waals surface area contributed by atoms with Crippen LogP contribution in [0.15, 0.2) is 54.6 Å². The van der Waals surface area contributed by atoms with Gasteiger partial charge in [0.1, 0.15) is 19.8 Å². The number of amides is 3. The van der Waals surface area contributed by atoms with Gasteiger partial charge in [0, 0.05) is 22.3 Å². The Balaban J connectivity index is 1.45. The first-order valence-electron chi connectivity index (χ1n) is 9.22. The van der Waals surface area contributed by atoms with Gasteiger partial charge in [-0.05, 0) is 43.2 Å². The average molecular weight is 398 g/mol. The van der Waals surface area contributed by atoms with Crippen LogP contribution in [-0.2, 0) is 9.59 Å². The molecule has 4 rings (SSSR count). The van der Waals surface area contributed by atoms with Crippen LogP contribution in [0, 0.1) is 0 Å². The molecule has 0 bridgehead atoms. The average Bonchev–Trinajstić information content (AvgIpc) is 3.47. The third kappa shape index (κ3) is 3.87. The molecule has 0 aromatic heterocycles. The van der Waals surface area contributed by atoms with Crippen molar-refractivity contribution in [2.24, 2.45) is 0 Å². The van der Waals surface area contributed by atoms with Crippen molar-refractivity contribution < 1.29 is 14.4 Å². The molecule has 2 aromatic rings. The van der Waals surface area contributed by atoms with Crippen LogP contribution in [0.4, 0.5) is 5.69 Å². The number of hydrogen-bond donors (Lipinski definition) is 0. The summed E-state index contributed by atoms with van der Waals surface area (Å²) in [4.78, 5) is 42.7. The van der Waals surface area contributed by atoms with E-state index in [1.54, 1.807) is 41.3 Å². The fraction of sp³-hybridized carbons (Fsp3) is 0.286. The Labute approximate surface area is 168 Å². The quantitative estimate of drug-likeness (QED) is 0.779. The summed E-state index contributed by atoms with van der Waals surface area (Å²) in [6.45, 7) is 0.147.